The molecule has 0 aromatic heterocycles. The molecular weight excluding hydrogens is 538 g/mol. The maximum absolute atomic E-state index is 12.3. The predicted octanol–water partition coefficient (Wildman–Crippen LogP) is 10.4. The van der Waals surface area contributed by atoms with Crippen molar-refractivity contribution < 1.29 is 24.2 Å². The highest BCUT2D eigenvalue weighted by Crippen LogP contribution is 2.14. The Morgan fingerprint density at radius 1 is 0.605 bits per heavy atom. The molecule has 0 aromatic rings. The summed E-state index contributed by atoms with van der Waals surface area (Å²) in [6, 6.07) is 0. The van der Waals surface area contributed by atoms with Crippen LogP contribution in [0.25, 0.3) is 0 Å². The Hall–Kier alpha value is -1.14. The molecule has 43 heavy (non-hydrogen) atoms. The second kappa shape index (κ2) is 33.7. The lowest BCUT2D eigenvalue weighted by Crippen LogP contribution is -2.37. The number of aliphatic carboxylic acids is 1. The van der Waals surface area contributed by atoms with Crippen LogP contribution in [-0.2, 0) is 19.1 Å². The van der Waals surface area contributed by atoms with Crippen molar-refractivity contribution in [3.63, 3.8) is 0 Å². The quantitative estimate of drug-likeness (QED) is 0.0696. The van der Waals surface area contributed by atoms with Crippen molar-refractivity contribution in [1.29, 1.82) is 0 Å². The van der Waals surface area contributed by atoms with E-state index in [1.54, 1.807) is 6.92 Å². The minimum Gasteiger partial charge on any atom is -0.481 e. The number of nitrogens with one attached hydrogen (secondary N) is 1. The molecule has 0 saturated heterocycles. The van der Waals surface area contributed by atoms with Gasteiger partial charge < -0.3 is 19.9 Å². The average Bonchev–Trinajstić information content (AvgIpc) is 3.00. The molecular formula is C37H73NO5. The molecule has 1 unspecified atom stereocenters. The summed E-state index contributed by atoms with van der Waals surface area (Å²) in [4.78, 5) is 23.3. The predicted molar refractivity (Wildman–Crippen MR) is 182 cm³/mol. The Labute approximate surface area is 267 Å². The lowest BCUT2D eigenvalue weighted by atomic mass is 10.1. The summed E-state index contributed by atoms with van der Waals surface area (Å²) in [5.74, 6) is -1.49. The third-order valence-electron chi connectivity index (χ3n) is 8.55. The molecule has 0 aliphatic carbocycles. The van der Waals surface area contributed by atoms with Gasteiger partial charge in [-0.05, 0) is 19.3 Å². The second-order valence-electron chi connectivity index (χ2n) is 12.9. The fourth-order valence-corrected chi connectivity index (χ4v) is 5.41. The lowest BCUT2D eigenvalue weighted by molar-refractivity contribution is -0.141. The summed E-state index contributed by atoms with van der Waals surface area (Å²) in [5.41, 5.74) is 0. The Morgan fingerprint density at radius 3 is 1.42 bits per heavy atom. The van der Waals surface area contributed by atoms with Crippen LogP contribution in [0.15, 0.2) is 0 Å². The van der Waals surface area contributed by atoms with E-state index >= 15 is 0 Å². The van der Waals surface area contributed by atoms with Gasteiger partial charge in [0.1, 0.15) is 0 Å². The SMILES string of the molecule is CCCCCCCCCCCCCCOCC(CNC(=O)CC[C@H](C)C(=O)O)OCCCCCCCCCCCCCC. The van der Waals surface area contributed by atoms with Gasteiger partial charge in [-0.1, -0.05) is 162 Å². The van der Waals surface area contributed by atoms with Crippen LogP contribution in [0.4, 0.5) is 0 Å². The third-order valence-corrected chi connectivity index (χ3v) is 8.55. The summed E-state index contributed by atoms with van der Waals surface area (Å²) in [5, 5.41) is 12.0. The number of carboxylic acid groups (broad SMARTS) is 1. The van der Waals surface area contributed by atoms with Gasteiger partial charge in [0.05, 0.1) is 18.6 Å². The van der Waals surface area contributed by atoms with E-state index in [0.717, 1.165) is 19.4 Å². The first-order valence-electron chi connectivity index (χ1n) is 18.7. The molecule has 2 N–H and O–H groups in total. The van der Waals surface area contributed by atoms with Crippen LogP contribution in [-0.4, -0.2) is 49.5 Å². The van der Waals surface area contributed by atoms with Crippen LogP contribution in [0.2, 0.25) is 0 Å². The summed E-state index contributed by atoms with van der Waals surface area (Å²) >= 11 is 0. The molecule has 0 heterocycles. The Balaban J connectivity index is 4.02. The highest BCUT2D eigenvalue weighted by molar-refractivity contribution is 5.77. The second-order valence-corrected chi connectivity index (χ2v) is 12.9. The number of amides is 1. The zero-order valence-electron chi connectivity index (χ0n) is 28.9. The first-order chi connectivity index (χ1) is 21.0. The van der Waals surface area contributed by atoms with Crippen LogP contribution < -0.4 is 5.32 Å². The van der Waals surface area contributed by atoms with Crippen LogP contribution in [0.1, 0.15) is 188 Å². The monoisotopic (exact) mass is 612 g/mol. The van der Waals surface area contributed by atoms with E-state index < -0.39 is 11.9 Å². The Kier molecular flexibility index (Phi) is 32.9. The zero-order valence-corrected chi connectivity index (χ0v) is 28.9. The third kappa shape index (κ3) is 32.1. The number of rotatable bonds is 35. The first-order valence-corrected chi connectivity index (χ1v) is 18.7. The van der Waals surface area contributed by atoms with E-state index in [9.17, 15) is 9.59 Å². The van der Waals surface area contributed by atoms with Gasteiger partial charge in [-0.25, -0.2) is 0 Å². The number of unbranched alkanes of at least 4 members (excludes halogenated alkanes) is 22. The molecule has 0 aliphatic heterocycles. The van der Waals surface area contributed by atoms with Gasteiger partial charge in [0, 0.05) is 26.2 Å². The highest BCUT2D eigenvalue weighted by Gasteiger charge is 2.15. The topological polar surface area (TPSA) is 84.9 Å². The summed E-state index contributed by atoms with van der Waals surface area (Å²) in [7, 11) is 0. The van der Waals surface area contributed by atoms with Crippen LogP contribution >= 0.6 is 0 Å². The number of carbonyl (C=O) groups excluding carboxylic acids is 1. The van der Waals surface area contributed by atoms with Crippen molar-refractivity contribution in [2.45, 2.75) is 194 Å². The van der Waals surface area contributed by atoms with E-state index in [1.807, 2.05) is 0 Å². The van der Waals surface area contributed by atoms with Crippen molar-refractivity contribution in [2.24, 2.45) is 5.92 Å². The molecule has 6 heteroatoms. The molecule has 2 atom stereocenters. The van der Waals surface area contributed by atoms with Crippen molar-refractivity contribution in [2.75, 3.05) is 26.4 Å². The molecule has 0 radical (unpaired) electrons. The smallest absolute Gasteiger partial charge is 0.306 e. The summed E-state index contributed by atoms with van der Waals surface area (Å²) in [6.07, 6.45) is 32.1. The molecule has 256 valence electrons. The minimum atomic E-state index is -0.859. The van der Waals surface area contributed by atoms with E-state index in [1.165, 1.54) is 141 Å². The largest absolute Gasteiger partial charge is 0.481 e. The zero-order chi connectivity index (χ0) is 31.6. The molecule has 0 saturated carbocycles. The fourth-order valence-electron chi connectivity index (χ4n) is 5.41. The van der Waals surface area contributed by atoms with Crippen molar-refractivity contribution in [3.8, 4) is 0 Å². The number of hydrogen-bond acceptors (Lipinski definition) is 4. The highest BCUT2D eigenvalue weighted by atomic mass is 16.5. The molecule has 0 spiro atoms. The lowest BCUT2D eigenvalue weighted by Gasteiger charge is -2.19. The van der Waals surface area contributed by atoms with Gasteiger partial charge in [-0.3, -0.25) is 9.59 Å². The van der Waals surface area contributed by atoms with Crippen LogP contribution in [0.3, 0.4) is 0 Å². The molecule has 1 amide bonds. The number of carbonyl (C=O) groups is 2. The van der Waals surface area contributed by atoms with Crippen LogP contribution in [0, 0.1) is 5.92 Å². The van der Waals surface area contributed by atoms with Gasteiger partial charge in [0.2, 0.25) is 5.91 Å². The Bertz CT molecular complexity index is 600. The van der Waals surface area contributed by atoms with Gasteiger partial charge in [0.25, 0.3) is 0 Å². The van der Waals surface area contributed by atoms with Gasteiger partial charge in [-0.15, -0.1) is 0 Å². The van der Waals surface area contributed by atoms with E-state index in [-0.39, 0.29) is 18.4 Å². The van der Waals surface area contributed by atoms with E-state index in [4.69, 9.17) is 14.6 Å². The maximum atomic E-state index is 12.3. The standard InChI is InChI=1S/C37H73NO5/c1-4-6-8-10-12-14-16-18-20-22-24-26-30-42-33-35(32-38-36(39)29-28-34(3)37(40)41)43-31-27-25-23-21-19-17-15-13-11-9-7-5-2/h34-35H,4-33H2,1-3H3,(H,38,39)(H,40,41)/t34-,35?/m0/s1. The maximum Gasteiger partial charge on any atom is 0.306 e. The molecule has 0 rings (SSSR count). The van der Waals surface area contributed by atoms with Crippen molar-refractivity contribution in [3.05, 3.63) is 0 Å². The molecule has 0 bridgehead atoms. The molecule has 6 nitrogen and oxygen atoms in total. The summed E-state index contributed by atoms with van der Waals surface area (Å²) < 4.78 is 12.1. The molecule has 0 aliphatic rings. The van der Waals surface area contributed by atoms with Gasteiger partial charge >= 0.3 is 5.97 Å². The summed E-state index contributed by atoms with van der Waals surface area (Å²) in [6.45, 7) is 8.51. The van der Waals surface area contributed by atoms with Crippen LogP contribution in [0.5, 0.6) is 0 Å². The molecule has 0 fully saturated rings. The van der Waals surface area contributed by atoms with E-state index in [2.05, 4.69) is 19.2 Å². The molecule has 0 aromatic carbocycles. The van der Waals surface area contributed by atoms with Gasteiger partial charge in [-0.2, -0.15) is 0 Å². The fraction of sp³-hybridized carbons (Fsp3) is 0.946. The van der Waals surface area contributed by atoms with Crippen molar-refractivity contribution >= 4 is 11.9 Å². The normalized spacial score (nSPS) is 12.8. The first kappa shape index (κ1) is 41.9. The average molecular weight is 612 g/mol. The minimum absolute atomic E-state index is 0.118. The number of hydrogen-bond donors (Lipinski definition) is 2. The van der Waals surface area contributed by atoms with Gasteiger partial charge in [0.15, 0.2) is 0 Å². The van der Waals surface area contributed by atoms with E-state index in [0.29, 0.717) is 26.2 Å². The number of carboxylic acids is 1. The number of ether oxygens (including phenoxy) is 2. The Morgan fingerprint density at radius 2 is 1.00 bits per heavy atom. The van der Waals surface area contributed by atoms with Crippen molar-refractivity contribution in [1.82, 2.24) is 5.32 Å².